The van der Waals surface area contributed by atoms with E-state index >= 15 is 0 Å². The largest absolute Gasteiger partial charge is 0.465 e. The van der Waals surface area contributed by atoms with Crippen LogP contribution < -0.4 is 5.73 Å². The molecule has 0 bridgehead atoms. The van der Waals surface area contributed by atoms with Crippen LogP contribution in [0.4, 0.5) is 0 Å². The average molecular weight is 236 g/mol. The first-order chi connectivity index (χ1) is 8.24. The summed E-state index contributed by atoms with van der Waals surface area (Å²) in [5.74, 6) is 2.86. The Bertz CT molecular complexity index is 348. The molecule has 0 radical (unpaired) electrons. The highest BCUT2D eigenvalue weighted by Crippen LogP contribution is 2.29. The van der Waals surface area contributed by atoms with Crippen LogP contribution in [0, 0.1) is 12.8 Å². The van der Waals surface area contributed by atoms with E-state index in [-0.39, 0.29) is 6.04 Å². The Morgan fingerprint density at radius 1 is 1.53 bits per heavy atom. The lowest BCUT2D eigenvalue weighted by Gasteiger charge is -2.24. The summed E-state index contributed by atoms with van der Waals surface area (Å²) in [6.07, 6.45) is 3.93. The van der Waals surface area contributed by atoms with E-state index in [1.807, 2.05) is 13.0 Å². The van der Waals surface area contributed by atoms with Gasteiger partial charge in [0.1, 0.15) is 11.5 Å². The summed E-state index contributed by atoms with van der Waals surface area (Å²) >= 11 is 0. The molecule has 17 heavy (non-hydrogen) atoms. The van der Waals surface area contributed by atoms with Gasteiger partial charge in [0.25, 0.3) is 0 Å². The molecule has 1 aromatic heterocycles. The lowest BCUT2D eigenvalue weighted by atomic mass is 10.0. The monoisotopic (exact) mass is 236 g/mol. The molecule has 2 heterocycles. The minimum absolute atomic E-state index is 0.269. The van der Waals surface area contributed by atoms with Crippen molar-refractivity contribution in [2.75, 3.05) is 19.6 Å². The summed E-state index contributed by atoms with van der Waals surface area (Å²) in [5, 5.41) is 0. The topological polar surface area (TPSA) is 42.4 Å². The number of aryl methyl sites for hydroxylation is 1. The van der Waals surface area contributed by atoms with Gasteiger partial charge in [-0.2, -0.15) is 0 Å². The van der Waals surface area contributed by atoms with Crippen LogP contribution in [0.5, 0.6) is 0 Å². The van der Waals surface area contributed by atoms with Crippen molar-refractivity contribution in [1.29, 1.82) is 0 Å². The molecule has 2 unspecified atom stereocenters. The zero-order valence-electron chi connectivity index (χ0n) is 11.0. The minimum atomic E-state index is 0.269. The van der Waals surface area contributed by atoms with Gasteiger partial charge < -0.3 is 10.2 Å². The van der Waals surface area contributed by atoms with Gasteiger partial charge in [-0.05, 0) is 44.4 Å². The first-order valence-corrected chi connectivity index (χ1v) is 6.75. The lowest BCUT2D eigenvalue weighted by Crippen LogP contribution is -2.31. The Morgan fingerprint density at radius 2 is 2.35 bits per heavy atom. The van der Waals surface area contributed by atoms with E-state index in [4.69, 9.17) is 10.2 Å². The molecular formula is C14H24N2O. The SMILES string of the molecule is CCCC1CCN(C(CN)c2ccc(C)o2)C1. The molecule has 2 N–H and O–H groups in total. The standard InChI is InChI=1S/C14H24N2O/c1-3-4-12-7-8-16(10-12)13(9-15)14-6-5-11(2)17-14/h5-6,12-13H,3-4,7-10,15H2,1-2H3. The predicted octanol–water partition coefficient (Wildman–Crippen LogP) is 2.71. The molecule has 0 saturated carbocycles. The number of nitrogens with zero attached hydrogens (tertiary/aromatic N) is 1. The maximum absolute atomic E-state index is 5.91. The molecule has 0 aliphatic carbocycles. The van der Waals surface area contributed by atoms with Gasteiger partial charge >= 0.3 is 0 Å². The fourth-order valence-corrected chi connectivity index (χ4v) is 2.87. The minimum Gasteiger partial charge on any atom is -0.465 e. The second kappa shape index (κ2) is 5.69. The molecule has 1 saturated heterocycles. The molecule has 3 heteroatoms. The van der Waals surface area contributed by atoms with Gasteiger partial charge in [-0.15, -0.1) is 0 Å². The van der Waals surface area contributed by atoms with E-state index in [0.29, 0.717) is 6.54 Å². The van der Waals surface area contributed by atoms with E-state index < -0.39 is 0 Å². The first-order valence-electron chi connectivity index (χ1n) is 6.75. The number of rotatable bonds is 5. The zero-order valence-corrected chi connectivity index (χ0v) is 11.0. The van der Waals surface area contributed by atoms with Crippen LogP contribution in [0.2, 0.25) is 0 Å². The zero-order chi connectivity index (χ0) is 12.3. The molecule has 0 amide bonds. The van der Waals surface area contributed by atoms with Crippen LogP contribution in [0.1, 0.15) is 43.7 Å². The Balaban J connectivity index is 2.00. The molecular weight excluding hydrogens is 212 g/mol. The van der Waals surface area contributed by atoms with Crippen molar-refractivity contribution >= 4 is 0 Å². The van der Waals surface area contributed by atoms with Crippen molar-refractivity contribution in [2.24, 2.45) is 11.7 Å². The Morgan fingerprint density at radius 3 is 2.94 bits per heavy atom. The van der Waals surface area contributed by atoms with Crippen LogP contribution in [0.25, 0.3) is 0 Å². The van der Waals surface area contributed by atoms with Crippen LogP contribution in [0.15, 0.2) is 16.5 Å². The van der Waals surface area contributed by atoms with Crippen molar-refractivity contribution in [3.63, 3.8) is 0 Å². The third-order valence-electron chi connectivity index (χ3n) is 3.77. The van der Waals surface area contributed by atoms with Crippen molar-refractivity contribution in [1.82, 2.24) is 4.90 Å². The van der Waals surface area contributed by atoms with Crippen molar-refractivity contribution in [2.45, 2.75) is 39.2 Å². The van der Waals surface area contributed by atoms with Crippen LogP contribution >= 0.6 is 0 Å². The van der Waals surface area contributed by atoms with Crippen LogP contribution in [-0.4, -0.2) is 24.5 Å². The normalized spacial score (nSPS) is 23.1. The smallest absolute Gasteiger partial charge is 0.122 e. The van der Waals surface area contributed by atoms with Crippen LogP contribution in [0.3, 0.4) is 0 Å². The number of likely N-dealkylation sites (tertiary alicyclic amines) is 1. The highest BCUT2D eigenvalue weighted by molar-refractivity contribution is 5.11. The van der Waals surface area contributed by atoms with E-state index in [9.17, 15) is 0 Å². The molecule has 0 spiro atoms. The van der Waals surface area contributed by atoms with Gasteiger partial charge in [0.15, 0.2) is 0 Å². The molecule has 1 aliphatic heterocycles. The summed E-state index contributed by atoms with van der Waals surface area (Å²) in [4.78, 5) is 2.48. The average Bonchev–Trinajstić information content (AvgIpc) is 2.91. The third-order valence-corrected chi connectivity index (χ3v) is 3.77. The molecule has 3 nitrogen and oxygen atoms in total. The molecule has 2 rings (SSSR count). The third kappa shape index (κ3) is 2.90. The first kappa shape index (κ1) is 12.7. The molecule has 1 aromatic rings. The molecule has 0 aromatic carbocycles. The van der Waals surface area contributed by atoms with Crippen molar-refractivity contribution < 1.29 is 4.42 Å². The fourth-order valence-electron chi connectivity index (χ4n) is 2.87. The van der Waals surface area contributed by atoms with Crippen molar-refractivity contribution in [3.05, 3.63) is 23.7 Å². The van der Waals surface area contributed by atoms with Gasteiger partial charge in [-0.3, -0.25) is 4.90 Å². The summed E-state index contributed by atoms with van der Waals surface area (Å²) in [5.41, 5.74) is 5.91. The number of hydrogen-bond acceptors (Lipinski definition) is 3. The van der Waals surface area contributed by atoms with Gasteiger partial charge in [0, 0.05) is 13.1 Å². The number of furan rings is 1. The maximum atomic E-state index is 5.91. The molecule has 1 fully saturated rings. The van der Waals surface area contributed by atoms with Gasteiger partial charge in [-0.1, -0.05) is 13.3 Å². The summed E-state index contributed by atoms with van der Waals surface area (Å²) in [7, 11) is 0. The van der Waals surface area contributed by atoms with Gasteiger partial charge in [-0.25, -0.2) is 0 Å². The van der Waals surface area contributed by atoms with E-state index in [2.05, 4.69) is 17.9 Å². The van der Waals surface area contributed by atoms with E-state index in [1.54, 1.807) is 0 Å². The second-order valence-corrected chi connectivity index (χ2v) is 5.14. The summed E-state index contributed by atoms with van der Waals surface area (Å²) in [6.45, 7) is 7.23. The Hall–Kier alpha value is -0.800. The van der Waals surface area contributed by atoms with Crippen molar-refractivity contribution in [3.8, 4) is 0 Å². The Kier molecular flexibility index (Phi) is 4.24. The molecule has 1 aliphatic rings. The van der Waals surface area contributed by atoms with E-state index in [0.717, 1.165) is 24.0 Å². The van der Waals surface area contributed by atoms with Gasteiger partial charge in [0.05, 0.1) is 6.04 Å². The maximum Gasteiger partial charge on any atom is 0.122 e. The highest BCUT2D eigenvalue weighted by atomic mass is 16.3. The number of hydrogen-bond donors (Lipinski definition) is 1. The molecule has 2 atom stereocenters. The summed E-state index contributed by atoms with van der Waals surface area (Å²) in [6, 6.07) is 4.36. The summed E-state index contributed by atoms with van der Waals surface area (Å²) < 4.78 is 5.72. The highest BCUT2D eigenvalue weighted by Gasteiger charge is 2.29. The van der Waals surface area contributed by atoms with E-state index in [1.165, 1.54) is 25.8 Å². The Labute approximate surface area is 104 Å². The van der Waals surface area contributed by atoms with Crippen LogP contribution in [-0.2, 0) is 0 Å². The fraction of sp³-hybridized carbons (Fsp3) is 0.714. The second-order valence-electron chi connectivity index (χ2n) is 5.14. The predicted molar refractivity (Wildman–Crippen MR) is 69.8 cm³/mol. The lowest BCUT2D eigenvalue weighted by molar-refractivity contribution is 0.210. The molecule has 96 valence electrons. The quantitative estimate of drug-likeness (QED) is 0.854. The number of nitrogens with two attached hydrogens (primary N) is 1. The van der Waals surface area contributed by atoms with Gasteiger partial charge in [0.2, 0.25) is 0 Å².